The Bertz CT molecular complexity index is 69.7. The summed E-state index contributed by atoms with van der Waals surface area (Å²) >= 11 is 0. The van der Waals surface area contributed by atoms with Crippen molar-refractivity contribution in [3.05, 3.63) is 13.5 Å². The lowest BCUT2D eigenvalue weighted by Gasteiger charge is -2.17. The van der Waals surface area contributed by atoms with E-state index in [1.54, 1.807) is 0 Å². The lowest BCUT2D eigenvalue weighted by Crippen LogP contribution is -2.19. The van der Waals surface area contributed by atoms with Crippen molar-refractivity contribution >= 4 is 0 Å². The SMILES string of the molecule is [CH2]CCC(O)C([CH]O)CC. The molecule has 0 aromatic rings. The van der Waals surface area contributed by atoms with Gasteiger partial charge in [0.15, 0.2) is 0 Å². The van der Waals surface area contributed by atoms with Crippen LogP contribution in [0.2, 0.25) is 0 Å². The fourth-order valence-corrected chi connectivity index (χ4v) is 0.900. The molecular formula is C8H16O2. The minimum absolute atomic E-state index is 0.0817. The van der Waals surface area contributed by atoms with E-state index in [-0.39, 0.29) is 5.92 Å². The predicted molar refractivity (Wildman–Crippen MR) is 40.6 cm³/mol. The predicted octanol–water partition coefficient (Wildman–Crippen LogP) is 1.52. The summed E-state index contributed by atoms with van der Waals surface area (Å²) in [6, 6.07) is 0. The zero-order chi connectivity index (χ0) is 7.98. The number of rotatable bonds is 5. The molecular weight excluding hydrogens is 128 g/mol. The average Bonchev–Trinajstić information content (AvgIpc) is 1.91. The molecule has 10 heavy (non-hydrogen) atoms. The van der Waals surface area contributed by atoms with Gasteiger partial charge in [-0.25, -0.2) is 0 Å². The molecule has 0 aliphatic carbocycles. The zero-order valence-corrected chi connectivity index (χ0v) is 6.45. The van der Waals surface area contributed by atoms with Gasteiger partial charge in [0.1, 0.15) is 0 Å². The smallest absolute Gasteiger partial charge is 0.0855 e. The van der Waals surface area contributed by atoms with E-state index < -0.39 is 6.10 Å². The van der Waals surface area contributed by atoms with Gasteiger partial charge in [-0.2, -0.15) is 0 Å². The third-order valence-corrected chi connectivity index (χ3v) is 1.66. The first-order valence-corrected chi connectivity index (χ1v) is 3.71. The minimum atomic E-state index is -0.424. The van der Waals surface area contributed by atoms with Gasteiger partial charge >= 0.3 is 0 Å². The lowest BCUT2D eigenvalue weighted by molar-refractivity contribution is 0.0873. The first-order chi connectivity index (χ1) is 4.76. The first kappa shape index (κ1) is 9.92. The molecule has 2 radical (unpaired) electrons. The largest absolute Gasteiger partial charge is 0.393 e. The molecule has 0 saturated carbocycles. The summed E-state index contributed by atoms with van der Waals surface area (Å²) in [5.41, 5.74) is 0. The van der Waals surface area contributed by atoms with Crippen LogP contribution in [-0.4, -0.2) is 16.3 Å². The van der Waals surface area contributed by atoms with E-state index in [4.69, 9.17) is 5.11 Å². The van der Waals surface area contributed by atoms with Crippen LogP contribution in [0.3, 0.4) is 0 Å². The Hall–Kier alpha value is -0.0800. The Labute approximate surface area is 62.9 Å². The molecule has 0 rings (SSSR count). The van der Waals surface area contributed by atoms with Crippen molar-refractivity contribution in [1.82, 2.24) is 0 Å². The van der Waals surface area contributed by atoms with Crippen molar-refractivity contribution < 1.29 is 10.2 Å². The van der Waals surface area contributed by atoms with Crippen LogP contribution in [0.1, 0.15) is 26.2 Å². The van der Waals surface area contributed by atoms with Crippen LogP contribution < -0.4 is 0 Å². The zero-order valence-electron chi connectivity index (χ0n) is 6.45. The van der Waals surface area contributed by atoms with E-state index in [9.17, 15) is 5.11 Å². The maximum absolute atomic E-state index is 9.28. The van der Waals surface area contributed by atoms with E-state index in [0.717, 1.165) is 13.0 Å². The van der Waals surface area contributed by atoms with Gasteiger partial charge in [0.25, 0.3) is 0 Å². The second-order valence-electron chi connectivity index (χ2n) is 2.43. The van der Waals surface area contributed by atoms with Gasteiger partial charge in [-0.15, -0.1) is 0 Å². The highest BCUT2D eigenvalue weighted by Crippen LogP contribution is 2.14. The van der Waals surface area contributed by atoms with E-state index >= 15 is 0 Å². The second-order valence-corrected chi connectivity index (χ2v) is 2.43. The fraction of sp³-hybridized carbons (Fsp3) is 0.750. The summed E-state index contributed by atoms with van der Waals surface area (Å²) in [4.78, 5) is 0. The highest BCUT2D eigenvalue weighted by molar-refractivity contribution is 4.73. The molecule has 0 aliphatic rings. The van der Waals surface area contributed by atoms with Crippen LogP contribution in [0.5, 0.6) is 0 Å². The van der Waals surface area contributed by atoms with Crippen molar-refractivity contribution in [2.45, 2.75) is 32.3 Å². The van der Waals surface area contributed by atoms with Crippen molar-refractivity contribution in [3.8, 4) is 0 Å². The molecule has 0 aromatic heterocycles. The molecule has 0 aromatic carbocycles. The molecule has 0 aliphatic heterocycles. The van der Waals surface area contributed by atoms with Crippen LogP contribution in [0, 0.1) is 19.4 Å². The van der Waals surface area contributed by atoms with Gasteiger partial charge in [0, 0.05) is 5.92 Å². The molecule has 0 saturated heterocycles. The van der Waals surface area contributed by atoms with E-state index in [2.05, 4.69) is 6.92 Å². The molecule has 0 amide bonds. The van der Waals surface area contributed by atoms with E-state index in [1.165, 1.54) is 0 Å². The maximum atomic E-state index is 9.28. The third-order valence-electron chi connectivity index (χ3n) is 1.66. The second kappa shape index (κ2) is 5.69. The first-order valence-electron chi connectivity index (χ1n) is 3.71. The quantitative estimate of drug-likeness (QED) is 0.614. The van der Waals surface area contributed by atoms with Gasteiger partial charge in [0.2, 0.25) is 0 Å². The molecule has 0 bridgehead atoms. The number of aliphatic hydroxyl groups excluding tert-OH is 2. The summed E-state index contributed by atoms with van der Waals surface area (Å²) in [6.07, 6.45) is 1.73. The summed E-state index contributed by atoms with van der Waals surface area (Å²) in [5.74, 6) is -0.0817. The Morgan fingerprint density at radius 1 is 1.60 bits per heavy atom. The normalized spacial score (nSPS) is 16.8. The number of hydrogen-bond acceptors (Lipinski definition) is 2. The monoisotopic (exact) mass is 144 g/mol. The molecule has 2 heteroatoms. The lowest BCUT2D eigenvalue weighted by atomic mass is 9.97. The highest BCUT2D eigenvalue weighted by atomic mass is 16.3. The number of aliphatic hydroxyl groups is 2. The van der Waals surface area contributed by atoms with Crippen LogP contribution in [0.4, 0.5) is 0 Å². The summed E-state index contributed by atoms with van der Waals surface area (Å²) in [5, 5.41) is 17.9. The summed E-state index contributed by atoms with van der Waals surface area (Å²) in [6.45, 7) is 6.63. The van der Waals surface area contributed by atoms with Crippen LogP contribution in [0.25, 0.3) is 0 Å². The van der Waals surface area contributed by atoms with Gasteiger partial charge in [-0.1, -0.05) is 20.3 Å². The third kappa shape index (κ3) is 3.18. The van der Waals surface area contributed by atoms with Gasteiger partial charge in [-0.3, -0.25) is 0 Å². The molecule has 0 fully saturated rings. The maximum Gasteiger partial charge on any atom is 0.0855 e. The summed E-state index contributed by atoms with van der Waals surface area (Å²) < 4.78 is 0. The topological polar surface area (TPSA) is 40.5 Å². The average molecular weight is 144 g/mol. The van der Waals surface area contributed by atoms with Crippen molar-refractivity contribution in [2.75, 3.05) is 0 Å². The van der Waals surface area contributed by atoms with Crippen molar-refractivity contribution in [2.24, 2.45) is 5.92 Å². The van der Waals surface area contributed by atoms with Crippen LogP contribution in [-0.2, 0) is 0 Å². The molecule has 0 spiro atoms. The molecule has 2 N–H and O–H groups in total. The van der Waals surface area contributed by atoms with Crippen LogP contribution in [0.15, 0.2) is 0 Å². The summed E-state index contributed by atoms with van der Waals surface area (Å²) in [7, 11) is 0. The molecule has 2 unspecified atom stereocenters. The van der Waals surface area contributed by atoms with E-state index in [0.29, 0.717) is 12.8 Å². The molecule has 60 valence electrons. The van der Waals surface area contributed by atoms with Crippen molar-refractivity contribution in [3.63, 3.8) is 0 Å². The Balaban J connectivity index is 3.53. The van der Waals surface area contributed by atoms with Crippen molar-refractivity contribution in [1.29, 1.82) is 0 Å². The van der Waals surface area contributed by atoms with Gasteiger partial charge < -0.3 is 10.2 Å². The Morgan fingerprint density at radius 3 is 2.50 bits per heavy atom. The van der Waals surface area contributed by atoms with Gasteiger partial charge in [-0.05, 0) is 12.8 Å². The Kier molecular flexibility index (Phi) is 5.64. The molecule has 2 nitrogen and oxygen atoms in total. The highest BCUT2D eigenvalue weighted by Gasteiger charge is 2.14. The van der Waals surface area contributed by atoms with Crippen LogP contribution >= 0.6 is 0 Å². The standard InChI is InChI=1S/C8H16O2/c1-3-5-8(10)7(4-2)6-9/h6-10H,1,3-5H2,2H3. The van der Waals surface area contributed by atoms with Gasteiger partial charge in [0.05, 0.1) is 12.7 Å². The molecule has 0 heterocycles. The van der Waals surface area contributed by atoms with E-state index in [1.807, 2.05) is 6.92 Å². The minimum Gasteiger partial charge on any atom is -0.393 e. The molecule has 2 atom stereocenters. The number of hydrogen-bond donors (Lipinski definition) is 2. The fourth-order valence-electron chi connectivity index (χ4n) is 0.900. The Morgan fingerprint density at radius 2 is 2.20 bits per heavy atom.